The summed E-state index contributed by atoms with van der Waals surface area (Å²) < 4.78 is 0. The lowest BCUT2D eigenvalue weighted by molar-refractivity contribution is -0.131. The first-order valence-corrected chi connectivity index (χ1v) is 8.76. The number of nitrogens with zero attached hydrogens (tertiary/aromatic N) is 2. The second-order valence-electron chi connectivity index (χ2n) is 6.58. The van der Waals surface area contributed by atoms with Crippen LogP contribution in [0.2, 0.25) is 0 Å². The van der Waals surface area contributed by atoms with E-state index < -0.39 is 23.8 Å². The molecule has 138 valence electrons. The first-order chi connectivity index (χ1) is 13.0. The Kier molecular flexibility index (Phi) is 5.45. The molecule has 0 unspecified atom stereocenters. The Hall–Kier alpha value is -3.28. The lowest BCUT2D eigenvalue weighted by atomic mass is 10.0. The number of urea groups is 1. The van der Waals surface area contributed by atoms with Crippen molar-refractivity contribution < 1.29 is 14.4 Å². The number of benzene rings is 2. The first kappa shape index (κ1) is 18.5. The molecule has 6 heteroatoms. The van der Waals surface area contributed by atoms with E-state index in [9.17, 15) is 14.4 Å². The van der Waals surface area contributed by atoms with Crippen molar-refractivity contribution in [3.63, 3.8) is 0 Å². The minimum atomic E-state index is -1.11. The van der Waals surface area contributed by atoms with E-state index in [4.69, 9.17) is 0 Å². The number of anilines is 1. The van der Waals surface area contributed by atoms with Gasteiger partial charge in [-0.3, -0.25) is 19.9 Å². The van der Waals surface area contributed by atoms with Crippen LogP contribution in [-0.2, 0) is 16.0 Å². The van der Waals surface area contributed by atoms with Gasteiger partial charge in [-0.05, 0) is 49.1 Å². The molecule has 2 aromatic rings. The molecule has 0 aliphatic carbocycles. The van der Waals surface area contributed by atoms with Crippen molar-refractivity contribution in [1.29, 1.82) is 0 Å². The molecule has 4 amide bonds. The zero-order valence-electron chi connectivity index (χ0n) is 15.3. The van der Waals surface area contributed by atoms with Crippen LogP contribution in [0.3, 0.4) is 0 Å². The Morgan fingerprint density at radius 1 is 1.04 bits per heavy atom. The summed E-state index contributed by atoms with van der Waals surface area (Å²) in [6, 6.07) is 14.5. The Morgan fingerprint density at radius 3 is 2.37 bits per heavy atom. The van der Waals surface area contributed by atoms with Gasteiger partial charge in [0.2, 0.25) is 5.91 Å². The number of hydrogen-bond acceptors (Lipinski definition) is 4. The molecule has 0 saturated carbocycles. The molecule has 2 aromatic carbocycles. The quantitative estimate of drug-likeness (QED) is 0.655. The predicted octanol–water partition coefficient (Wildman–Crippen LogP) is 2.82. The zero-order valence-corrected chi connectivity index (χ0v) is 15.3. The van der Waals surface area contributed by atoms with E-state index in [1.807, 2.05) is 50.2 Å². The van der Waals surface area contributed by atoms with E-state index in [1.165, 1.54) is 6.21 Å². The predicted molar refractivity (Wildman–Crippen MR) is 104 cm³/mol. The van der Waals surface area contributed by atoms with Crippen molar-refractivity contribution in [2.45, 2.75) is 20.3 Å². The van der Waals surface area contributed by atoms with Gasteiger partial charge in [0.15, 0.2) is 5.92 Å². The maximum absolute atomic E-state index is 12.8. The summed E-state index contributed by atoms with van der Waals surface area (Å²) in [6.07, 6.45) is 2.04. The number of nitrogens with one attached hydrogen (secondary N) is 1. The van der Waals surface area contributed by atoms with E-state index in [2.05, 4.69) is 10.3 Å². The highest BCUT2D eigenvalue weighted by molar-refractivity contribution is 6.32. The van der Waals surface area contributed by atoms with E-state index in [1.54, 1.807) is 12.1 Å². The molecular formula is C21H21N3O3. The number of aliphatic imine (C=N–C) groups is 1. The number of carbonyl (C=O) groups is 3. The SMILES string of the molecule is Cc1cc(C)cc(N2C(=O)NC(=O)[C@@H](C=NCCc3ccccc3)C2=O)c1. The summed E-state index contributed by atoms with van der Waals surface area (Å²) in [5.74, 6) is -2.34. The highest BCUT2D eigenvalue weighted by Crippen LogP contribution is 2.23. The van der Waals surface area contributed by atoms with Crippen molar-refractivity contribution in [3.8, 4) is 0 Å². The maximum atomic E-state index is 12.8. The Morgan fingerprint density at radius 2 is 1.70 bits per heavy atom. The van der Waals surface area contributed by atoms with E-state index in [0.717, 1.165) is 21.6 Å². The van der Waals surface area contributed by atoms with Crippen LogP contribution >= 0.6 is 0 Å². The van der Waals surface area contributed by atoms with Crippen LogP contribution in [0.15, 0.2) is 53.5 Å². The summed E-state index contributed by atoms with van der Waals surface area (Å²) in [7, 11) is 0. The molecule has 1 atom stereocenters. The number of barbiturate groups is 1. The van der Waals surface area contributed by atoms with Gasteiger partial charge in [-0.25, -0.2) is 9.69 Å². The number of amides is 4. The van der Waals surface area contributed by atoms with Crippen molar-refractivity contribution >= 4 is 29.7 Å². The average molecular weight is 363 g/mol. The van der Waals surface area contributed by atoms with Crippen LogP contribution in [-0.4, -0.2) is 30.6 Å². The minimum absolute atomic E-state index is 0.449. The zero-order chi connectivity index (χ0) is 19.4. The van der Waals surface area contributed by atoms with Crippen LogP contribution in [0.25, 0.3) is 0 Å². The van der Waals surface area contributed by atoms with Gasteiger partial charge in [0, 0.05) is 12.8 Å². The fourth-order valence-corrected chi connectivity index (χ4v) is 3.06. The van der Waals surface area contributed by atoms with E-state index in [-0.39, 0.29) is 0 Å². The lowest BCUT2D eigenvalue weighted by Crippen LogP contribution is -2.58. The number of carbonyl (C=O) groups excluding carboxylic acids is 3. The molecular weight excluding hydrogens is 342 g/mol. The fraction of sp³-hybridized carbons (Fsp3) is 0.238. The molecule has 3 rings (SSSR count). The third kappa shape index (κ3) is 4.28. The highest BCUT2D eigenvalue weighted by Gasteiger charge is 2.40. The van der Waals surface area contributed by atoms with Gasteiger partial charge < -0.3 is 0 Å². The summed E-state index contributed by atoms with van der Waals surface area (Å²) in [5.41, 5.74) is 3.43. The molecule has 1 fully saturated rings. The minimum Gasteiger partial charge on any atom is -0.296 e. The third-order valence-electron chi connectivity index (χ3n) is 4.29. The van der Waals surface area contributed by atoms with Crippen molar-refractivity contribution in [2.24, 2.45) is 10.9 Å². The van der Waals surface area contributed by atoms with Gasteiger partial charge in [-0.1, -0.05) is 36.4 Å². The molecule has 1 N–H and O–H groups in total. The smallest absolute Gasteiger partial charge is 0.296 e. The second kappa shape index (κ2) is 7.95. The molecule has 1 heterocycles. The van der Waals surface area contributed by atoms with Crippen molar-refractivity contribution in [3.05, 3.63) is 65.2 Å². The number of aryl methyl sites for hydroxylation is 2. The molecule has 0 bridgehead atoms. The molecule has 6 nitrogen and oxygen atoms in total. The van der Waals surface area contributed by atoms with Crippen LogP contribution < -0.4 is 10.2 Å². The number of hydrogen-bond donors (Lipinski definition) is 1. The number of imide groups is 2. The standard InChI is InChI=1S/C21H21N3O3/c1-14-10-15(2)12-17(11-14)24-20(26)18(19(25)23-21(24)27)13-22-9-8-16-6-4-3-5-7-16/h3-7,10-13,18H,8-9H2,1-2H3,(H,23,25,27)/t18-/m1/s1. The first-order valence-electron chi connectivity index (χ1n) is 8.76. The topological polar surface area (TPSA) is 78.8 Å². The van der Waals surface area contributed by atoms with Gasteiger partial charge >= 0.3 is 6.03 Å². The average Bonchev–Trinajstić information content (AvgIpc) is 2.60. The molecule has 0 radical (unpaired) electrons. The fourth-order valence-electron chi connectivity index (χ4n) is 3.06. The summed E-state index contributed by atoms with van der Waals surface area (Å²) in [6.45, 7) is 4.23. The molecule has 1 aliphatic rings. The Bertz CT molecular complexity index is 886. The highest BCUT2D eigenvalue weighted by atomic mass is 16.2. The monoisotopic (exact) mass is 363 g/mol. The van der Waals surface area contributed by atoms with Gasteiger partial charge in [0.25, 0.3) is 5.91 Å². The molecule has 1 aliphatic heterocycles. The maximum Gasteiger partial charge on any atom is 0.335 e. The number of rotatable bonds is 5. The summed E-state index contributed by atoms with van der Waals surface area (Å²) in [4.78, 5) is 42.4. The third-order valence-corrected chi connectivity index (χ3v) is 4.29. The second-order valence-corrected chi connectivity index (χ2v) is 6.58. The largest absolute Gasteiger partial charge is 0.335 e. The normalized spacial score (nSPS) is 17.5. The van der Waals surface area contributed by atoms with Gasteiger partial charge in [0.1, 0.15) is 0 Å². The molecule has 1 saturated heterocycles. The van der Waals surface area contributed by atoms with Crippen LogP contribution in [0.5, 0.6) is 0 Å². The summed E-state index contributed by atoms with van der Waals surface area (Å²) >= 11 is 0. The Labute approximate surface area is 157 Å². The van der Waals surface area contributed by atoms with Crippen LogP contribution in [0, 0.1) is 19.8 Å². The van der Waals surface area contributed by atoms with Crippen LogP contribution in [0.4, 0.5) is 10.5 Å². The van der Waals surface area contributed by atoms with Crippen molar-refractivity contribution in [2.75, 3.05) is 11.4 Å². The molecule has 27 heavy (non-hydrogen) atoms. The van der Waals surface area contributed by atoms with Gasteiger partial charge in [-0.15, -0.1) is 0 Å². The summed E-state index contributed by atoms with van der Waals surface area (Å²) in [5, 5.41) is 2.24. The van der Waals surface area contributed by atoms with E-state index in [0.29, 0.717) is 18.7 Å². The van der Waals surface area contributed by atoms with Gasteiger partial charge in [-0.2, -0.15) is 0 Å². The Balaban J connectivity index is 1.75. The van der Waals surface area contributed by atoms with E-state index >= 15 is 0 Å². The molecule has 0 aromatic heterocycles. The van der Waals surface area contributed by atoms with Crippen LogP contribution in [0.1, 0.15) is 16.7 Å². The van der Waals surface area contributed by atoms with Gasteiger partial charge in [0.05, 0.1) is 5.69 Å². The lowest BCUT2D eigenvalue weighted by Gasteiger charge is -2.29. The van der Waals surface area contributed by atoms with Crippen molar-refractivity contribution in [1.82, 2.24) is 5.32 Å². The molecule has 0 spiro atoms.